The molecule has 5 heteroatoms. The van der Waals surface area contributed by atoms with E-state index in [1.165, 1.54) is 0 Å². The summed E-state index contributed by atoms with van der Waals surface area (Å²) in [6.45, 7) is 1.99. The van der Waals surface area contributed by atoms with Crippen LogP contribution < -0.4 is 24.2 Å². The van der Waals surface area contributed by atoms with Crippen LogP contribution in [0.15, 0.2) is 42.5 Å². The molecule has 0 aromatic heterocycles. The van der Waals surface area contributed by atoms with Crippen molar-refractivity contribution in [1.82, 2.24) is 0 Å². The minimum atomic E-state index is -0.0279. The number of hydrogen-bond donors (Lipinski definition) is 0. The third-order valence-corrected chi connectivity index (χ3v) is 4.52. The molecule has 0 saturated heterocycles. The van der Waals surface area contributed by atoms with Gasteiger partial charge in [0.2, 0.25) is 0 Å². The van der Waals surface area contributed by atoms with Crippen LogP contribution in [0.5, 0.6) is 0 Å². The summed E-state index contributed by atoms with van der Waals surface area (Å²) < 4.78 is 0. The molecule has 1 nitrogen and oxygen atoms in total. The van der Waals surface area contributed by atoms with E-state index < -0.39 is 0 Å². The van der Waals surface area contributed by atoms with Crippen molar-refractivity contribution in [1.29, 1.82) is 0 Å². The summed E-state index contributed by atoms with van der Waals surface area (Å²) in [6.07, 6.45) is 0. The number of rotatable bonds is 3. The van der Waals surface area contributed by atoms with E-state index in [9.17, 15) is 4.79 Å². The molecule has 0 aliphatic heterocycles. The molecule has 0 aliphatic rings. The smallest absolute Gasteiger partial charge is 0.289 e. The quantitative estimate of drug-likeness (QED) is 0.620. The fraction of sp³-hybridized carbons (Fsp3) is 0.0714. The molecule has 0 bridgehead atoms. The molecular formula is C14H11Cl2LiOP+. The molecule has 2 aromatic carbocycles. The first kappa shape index (κ1) is 16.8. The second-order valence-corrected chi connectivity index (χ2v) is 5.92. The Labute approximate surface area is 136 Å². The summed E-state index contributed by atoms with van der Waals surface area (Å²) in [7, 11) is 0.0395. The first-order valence-electron chi connectivity index (χ1n) is 5.40. The Morgan fingerprint density at radius 1 is 1.00 bits per heavy atom. The molecule has 2 aromatic rings. The van der Waals surface area contributed by atoms with E-state index in [2.05, 4.69) is 0 Å². The summed E-state index contributed by atoms with van der Waals surface area (Å²) in [5.74, 6) is 0. The van der Waals surface area contributed by atoms with Gasteiger partial charge in [0.15, 0.2) is 5.52 Å². The predicted molar refractivity (Wildman–Crippen MR) is 79.9 cm³/mol. The summed E-state index contributed by atoms with van der Waals surface area (Å²) in [4.78, 5) is 12.3. The first-order valence-corrected chi connectivity index (χ1v) is 7.16. The summed E-state index contributed by atoms with van der Waals surface area (Å²) in [6, 6.07) is 12.9. The van der Waals surface area contributed by atoms with Crippen molar-refractivity contribution in [2.24, 2.45) is 0 Å². The van der Waals surface area contributed by atoms with Crippen LogP contribution in [-0.2, 0) is 0 Å². The number of carbonyl (C=O) groups is 1. The Bertz CT molecular complexity index is 581. The van der Waals surface area contributed by atoms with Crippen LogP contribution in [0.2, 0.25) is 10.0 Å². The number of hydrogen-bond acceptors (Lipinski definition) is 1. The average molecular weight is 304 g/mol. The Balaban J connectivity index is 0.00000180. The Hall–Kier alpha value is -0.283. The zero-order valence-corrected chi connectivity index (χ0v) is 13.2. The molecule has 1 atom stereocenters. The largest absolute Gasteiger partial charge is 1.00 e. The summed E-state index contributed by atoms with van der Waals surface area (Å²) in [5, 5.41) is 1.85. The van der Waals surface area contributed by atoms with E-state index in [1.54, 1.807) is 18.2 Å². The van der Waals surface area contributed by atoms with Gasteiger partial charge in [0.25, 0.3) is 0 Å². The van der Waals surface area contributed by atoms with Crippen LogP contribution in [0, 0.1) is 6.92 Å². The van der Waals surface area contributed by atoms with Crippen molar-refractivity contribution in [3.05, 3.63) is 63.6 Å². The maximum absolute atomic E-state index is 12.3. The zero-order chi connectivity index (χ0) is 13.1. The van der Waals surface area contributed by atoms with Crippen molar-refractivity contribution >= 4 is 42.6 Å². The molecular weight excluding hydrogens is 293 g/mol. The van der Waals surface area contributed by atoms with Gasteiger partial charge in [-0.25, -0.2) is 0 Å². The molecule has 92 valence electrons. The molecule has 0 aliphatic carbocycles. The third-order valence-electron chi connectivity index (χ3n) is 2.58. The van der Waals surface area contributed by atoms with Gasteiger partial charge in [-0.15, -0.1) is 0 Å². The van der Waals surface area contributed by atoms with Gasteiger partial charge >= 0.3 is 18.9 Å². The van der Waals surface area contributed by atoms with Gasteiger partial charge in [-0.05, 0) is 38.5 Å². The molecule has 1 unspecified atom stereocenters. The minimum absolute atomic E-state index is 0. The van der Waals surface area contributed by atoms with Crippen LogP contribution in [0.3, 0.4) is 0 Å². The fourth-order valence-electron chi connectivity index (χ4n) is 1.61. The zero-order valence-electron chi connectivity index (χ0n) is 10.7. The van der Waals surface area contributed by atoms with Crippen LogP contribution in [0.4, 0.5) is 0 Å². The SMILES string of the molecule is Cc1ccccc1PC(=O)c1c(Cl)cccc1Cl.[Li+]. The van der Waals surface area contributed by atoms with Crippen molar-refractivity contribution in [3.63, 3.8) is 0 Å². The molecule has 2 rings (SSSR count). The Kier molecular flexibility index (Phi) is 6.61. The molecule has 0 spiro atoms. The maximum Gasteiger partial charge on any atom is 1.00 e. The summed E-state index contributed by atoms with van der Waals surface area (Å²) >= 11 is 12.1. The predicted octanol–water partition coefficient (Wildman–Crippen LogP) is 1.45. The molecule has 0 heterocycles. The molecule has 0 amide bonds. The van der Waals surface area contributed by atoms with Crippen LogP contribution >= 0.6 is 31.8 Å². The van der Waals surface area contributed by atoms with E-state index >= 15 is 0 Å². The standard InChI is InChI=1S/C14H11Cl2OP.Li/c1-9-5-2-3-8-12(9)18-14(17)13-10(15)6-4-7-11(13)16;/h2-8,18H,1H3;/q;+1. The summed E-state index contributed by atoms with van der Waals surface area (Å²) in [5.41, 5.74) is 1.50. The molecule has 0 radical (unpaired) electrons. The molecule has 0 fully saturated rings. The van der Waals surface area contributed by atoms with Crippen LogP contribution in [0.1, 0.15) is 15.9 Å². The van der Waals surface area contributed by atoms with E-state index in [0.717, 1.165) is 10.9 Å². The van der Waals surface area contributed by atoms with Gasteiger partial charge in [0.05, 0.1) is 15.6 Å². The average Bonchev–Trinajstić information content (AvgIpc) is 2.32. The van der Waals surface area contributed by atoms with E-state index in [-0.39, 0.29) is 33.0 Å². The molecule has 0 N–H and O–H groups in total. The van der Waals surface area contributed by atoms with Gasteiger partial charge in [0.1, 0.15) is 0 Å². The topological polar surface area (TPSA) is 17.1 Å². The third kappa shape index (κ3) is 4.09. The van der Waals surface area contributed by atoms with E-state index in [4.69, 9.17) is 23.2 Å². The van der Waals surface area contributed by atoms with Crippen LogP contribution in [-0.4, -0.2) is 5.52 Å². The van der Waals surface area contributed by atoms with Crippen LogP contribution in [0.25, 0.3) is 0 Å². The second kappa shape index (κ2) is 7.49. The molecule has 0 saturated carbocycles. The maximum atomic E-state index is 12.3. The van der Waals surface area contributed by atoms with E-state index in [1.807, 2.05) is 31.2 Å². The number of benzene rings is 2. The normalized spacial score (nSPS) is 10.5. The Morgan fingerprint density at radius 2 is 1.58 bits per heavy atom. The van der Waals surface area contributed by atoms with Crippen molar-refractivity contribution in [3.8, 4) is 0 Å². The van der Waals surface area contributed by atoms with E-state index in [0.29, 0.717) is 15.6 Å². The van der Waals surface area contributed by atoms with Gasteiger partial charge in [-0.2, -0.15) is 0 Å². The van der Waals surface area contributed by atoms with Gasteiger partial charge in [0, 0.05) is 0 Å². The van der Waals surface area contributed by atoms with Crippen molar-refractivity contribution in [2.75, 3.05) is 0 Å². The monoisotopic (exact) mass is 303 g/mol. The van der Waals surface area contributed by atoms with Gasteiger partial charge in [-0.1, -0.05) is 53.5 Å². The van der Waals surface area contributed by atoms with Gasteiger partial charge < -0.3 is 0 Å². The minimum Gasteiger partial charge on any atom is -0.289 e. The number of halogens is 2. The Morgan fingerprint density at radius 3 is 2.16 bits per heavy atom. The second-order valence-electron chi connectivity index (χ2n) is 3.87. The fourth-order valence-corrected chi connectivity index (χ4v) is 3.44. The van der Waals surface area contributed by atoms with Crippen molar-refractivity contribution < 1.29 is 23.7 Å². The van der Waals surface area contributed by atoms with Crippen molar-refractivity contribution in [2.45, 2.75) is 6.92 Å². The number of carbonyl (C=O) groups excluding carboxylic acids is 1. The first-order chi connectivity index (χ1) is 8.59. The van der Waals surface area contributed by atoms with Gasteiger partial charge in [-0.3, -0.25) is 4.79 Å². The molecule has 19 heavy (non-hydrogen) atoms. The number of aryl methyl sites for hydroxylation is 1.